The van der Waals surface area contributed by atoms with Gasteiger partial charge in [0, 0.05) is 28.6 Å². The smallest absolute Gasteiger partial charge is 0.256 e. The topological polar surface area (TPSA) is 53.9 Å². The van der Waals surface area contributed by atoms with E-state index in [1.807, 2.05) is 18.2 Å². The number of fused-ring (bicyclic) bond motifs is 2. The van der Waals surface area contributed by atoms with E-state index in [0.717, 1.165) is 57.8 Å². The highest BCUT2D eigenvalue weighted by Gasteiger charge is 2.34. The molecule has 4 rings (SSSR count). The zero-order chi connectivity index (χ0) is 21.3. The second-order valence-corrected chi connectivity index (χ2v) is 8.55. The third-order valence-corrected chi connectivity index (χ3v) is 6.24. The highest BCUT2D eigenvalue weighted by molar-refractivity contribution is 9.10. The van der Waals surface area contributed by atoms with Crippen LogP contribution in [0.1, 0.15) is 36.1 Å². The number of carbonyl (C=O) groups is 1. The van der Waals surface area contributed by atoms with Gasteiger partial charge in [-0.3, -0.25) is 4.79 Å². The van der Waals surface area contributed by atoms with E-state index in [4.69, 9.17) is 4.84 Å². The van der Waals surface area contributed by atoms with E-state index in [2.05, 4.69) is 70.3 Å². The first kappa shape index (κ1) is 20.8. The SMILES string of the molecule is CCN(CC)CCON=C1/C(=C2/C(=O)Nc3cc(Br)ccc32)Cc2ccc(C)cc21. The number of rotatable bonds is 6. The van der Waals surface area contributed by atoms with Crippen molar-refractivity contribution in [1.29, 1.82) is 0 Å². The fourth-order valence-corrected chi connectivity index (χ4v) is 4.44. The summed E-state index contributed by atoms with van der Waals surface area (Å²) in [5.74, 6) is -0.0848. The third-order valence-electron chi connectivity index (χ3n) is 5.75. The Balaban J connectivity index is 1.73. The number of likely N-dealkylation sites (N-methyl/N-ethyl adjacent to an activating group) is 1. The summed E-state index contributed by atoms with van der Waals surface area (Å²) < 4.78 is 0.937. The highest BCUT2D eigenvalue weighted by atomic mass is 79.9. The van der Waals surface area contributed by atoms with Gasteiger partial charge in [0.2, 0.25) is 0 Å². The summed E-state index contributed by atoms with van der Waals surface area (Å²) in [6.07, 6.45) is 0.673. The molecular formula is C24H26BrN3O2. The van der Waals surface area contributed by atoms with Crippen LogP contribution in [0, 0.1) is 6.92 Å². The van der Waals surface area contributed by atoms with Gasteiger partial charge < -0.3 is 15.1 Å². The molecule has 1 N–H and O–H groups in total. The molecule has 2 aliphatic rings. The molecule has 1 aliphatic carbocycles. The largest absolute Gasteiger partial charge is 0.394 e. The lowest BCUT2D eigenvalue weighted by Gasteiger charge is -2.16. The van der Waals surface area contributed by atoms with E-state index < -0.39 is 0 Å². The van der Waals surface area contributed by atoms with Crippen molar-refractivity contribution in [2.24, 2.45) is 5.16 Å². The van der Waals surface area contributed by atoms with E-state index >= 15 is 0 Å². The third kappa shape index (κ3) is 3.94. The van der Waals surface area contributed by atoms with Crippen molar-refractivity contribution in [2.75, 3.05) is 31.6 Å². The fourth-order valence-electron chi connectivity index (χ4n) is 4.08. The van der Waals surface area contributed by atoms with Gasteiger partial charge in [0.05, 0.1) is 11.3 Å². The highest BCUT2D eigenvalue weighted by Crippen LogP contribution is 2.40. The Labute approximate surface area is 185 Å². The van der Waals surface area contributed by atoms with Gasteiger partial charge in [0.1, 0.15) is 12.3 Å². The van der Waals surface area contributed by atoms with Crippen LogP contribution in [0.15, 0.2) is 51.6 Å². The Morgan fingerprint density at radius 2 is 1.93 bits per heavy atom. The zero-order valence-electron chi connectivity index (χ0n) is 17.6. The minimum absolute atomic E-state index is 0.0848. The second kappa shape index (κ2) is 8.74. The number of benzene rings is 2. The van der Waals surface area contributed by atoms with Crippen LogP contribution in [-0.2, 0) is 16.1 Å². The Bertz CT molecular complexity index is 1050. The van der Waals surface area contributed by atoms with Crippen molar-refractivity contribution >= 4 is 38.8 Å². The quantitative estimate of drug-likeness (QED) is 0.377. The molecule has 6 heteroatoms. The summed E-state index contributed by atoms with van der Waals surface area (Å²) in [7, 11) is 0. The van der Waals surface area contributed by atoms with Gasteiger partial charge in [-0.15, -0.1) is 0 Å². The number of nitrogens with zero attached hydrogens (tertiary/aromatic N) is 2. The lowest BCUT2D eigenvalue weighted by atomic mass is 9.98. The van der Waals surface area contributed by atoms with Gasteiger partial charge >= 0.3 is 0 Å². The maximum atomic E-state index is 12.9. The minimum Gasteiger partial charge on any atom is -0.394 e. The molecule has 0 atom stereocenters. The molecule has 156 valence electrons. The molecule has 0 bridgehead atoms. The Kier molecular flexibility index (Phi) is 6.06. The predicted molar refractivity (Wildman–Crippen MR) is 125 cm³/mol. The molecule has 0 unspecified atom stereocenters. The number of hydrogen-bond acceptors (Lipinski definition) is 4. The first-order valence-electron chi connectivity index (χ1n) is 10.4. The van der Waals surface area contributed by atoms with Crippen molar-refractivity contribution in [2.45, 2.75) is 27.2 Å². The number of carbonyl (C=O) groups excluding carboxylic acids is 1. The van der Waals surface area contributed by atoms with E-state index in [1.54, 1.807) is 0 Å². The van der Waals surface area contributed by atoms with Crippen molar-refractivity contribution in [3.63, 3.8) is 0 Å². The number of oxime groups is 1. The molecule has 1 amide bonds. The number of nitrogens with one attached hydrogen (secondary N) is 1. The van der Waals surface area contributed by atoms with Gasteiger partial charge in [-0.2, -0.15) is 0 Å². The molecule has 0 spiro atoms. The summed E-state index contributed by atoms with van der Waals surface area (Å²) >= 11 is 3.48. The Morgan fingerprint density at radius 1 is 1.13 bits per heavy atom. The standard InChI is InChI=1S/C24H26BrN3O2/c1-4-28(5-2)10-11-30-27-23-19-12-15(3)6-7-16(19)13-20(23)22-18-9-8-17(25)14-21(18)26-24(22)29/h6-9,12,14H,4-5,10-11,13H2,1-3H3,(H,26,29)/b22-20+,27-23?. The molecule has 0 radical (unpaired) electrons. The van der Waals surface area contributed by atoms with Crippen molar-refractivity contribution < 1.29 is 9.63 Å². The molecule has 1 heterocycles. The molecule has 2 aromatic carbocycles. The first-order valence-corrected chi connectivity index (χ1v) is 11.2. The lowest BCUT2D eigenvalue weighted by molar-refractivity contribution is -0.110. The zero-order valence-corrected chi connectivity index (χ0v) is 19.2. The van der Waals surface area contributed by atoms with E-state index in [-0.39, 0.29) is 5.91 Å². The number of aryl methyl sites for hydroxylation is 1. The molecule has 2 aromatic rings. The van der Waals surface area contributed by atoms with Crippen molar-refractivity contribution in [3.8, 4) is 0 Å². The molecular weight excluding hydrogens is 442 g/mol. The number of allylic oxidation sites excluding steroid dienone is 1. The number of anilines is 1. The average Bonchev–Trinajstić information content (AvgIpc) is 3.23. The first-order chi connectivity index (χ1) is 14.5. The van der Waals surface area contributed by atoms with Crippen LogP contribution < -0.4 is 5.32 Å². The molecule has 0 saturated carbocycles. The van der Waals surface area contributed by atoms with Crippen LogP contribution in [0.3, 0.4) is 0 Å². The number of hydrogen-bond donors (Lipinski definition) is 1. The fraction of sp³-hybridized carbons (Fsp3) is 0.333. The summed E-state index contributed by atoms with van der Waals surface area (Å²) in [5.41, 5.74) is 7.52. The maximum absolute atomic E-state index is 12.9. The molecule has 5 nitrogen and oxygen atoms in total. The number of amides is 1. The van der Waals surface area contributed by atoms with Crippen molar-refractivity contribution in [3.05, 3.63) is 68.7 Å². The van der Waals surface area contributed by atoms with Crippen LogP contribution in [-0.4, -0.2) is 42.8 Å². The lowest BCUT2D eigenvalue weighted by Crippen LogP contribution is -2.26. The molecule has 1 aliphatic heterocycles. The Hall–Kier alpha value is -2.44. The van der Waals surface area contributed by atoms with Crippen LogP contribution >= 0.6 is 15.9 Å². The minimum atomic E-state index is -0.0848. The monoisotopic (exact) mass is 467 g/mol. The van der Waals surface area contributed by atoms with Crippen molar-refractivity contribution in [1.82, 2.24) is 4.90 Å². The van der Waals surface area contributed by atoms with Gasteiger partial charge in [-0.1, -0.05) is 58.7 Å². The van der Waals surface area contributed by atoms with Gasteiger partial charge in [0.25, 0.3) is 5.91 Å². The van der Waals surface area contributed by atoms with E-state index in [1.165, 1.54) is 5.56 Å². The van der Waals surface area contributed by atoms with Crippen LogP contribution in [0.5, 0.6) is 0 Å². The van der Waals surface area contributed by atoms with Gasteiger partial charge in [0.15, 0.2) is 0 Å². The summed E-state index contributed by atoms with van der Waals surface area (Å²) in [5, 5.41) is 7.53. The summed E-state index contributed by atoms with van der Waals surface area (Å²) in [6, 6.07) is 12.2. The van der Waals surface area contributed by atoms with Gasteiger partial charge in [-0.05, 0) is 49.3 Å². The molecule has 0 aromatic heterocycles. The molecule has 0 fully saturated rings. The van der Waals surface area contributed by atoms with Crippen LogP contribution in [0.4, 0.5) is 5.69 Å². The van der Waals surface area contributed by atoms with E-state index in [9.17, 15) is 4.79 Å². The van der Waals surface area contributed by atoms with E-state index in [0.29, 0.717) is 18.6 Å². The maximum Gasteiger partial charge on any atom is 0.256 e. The van der Waals surface area contributed by atoms with Gasteiger partial charge in [-0.25, -0.2) is 0 Å². The normalized spacial score (nSPS) is 18.7. The average molecular weight is 468 g/mol. The summed E-state index contributed by atoms with van der Waals surface area (Å²) in [6.45, 7) is 9.67. The molecule has 0 saturated heterocycles. The predicted octanol–water partition coefficient (Wildman–Crippen LogP) is 4.78. The second-order valence-electron chi connectivity index (χ2n) is 7.63. The van der Waals surface area contributed by atoms with Crippen LogP contribution in [0.25, 0.3) is 5.57 Å². The Morgan fingerprint density at radius 3 is 2.70 bits per heavy atom. The number of halogens is 1. The van der Waals surface area contributed by atoms with Crippen LogP contribution in [0.2, 0.25) is 0 Å². The summed E-state index contributed by atoms with van der Waals surface area (Å²) in [4.78, 5) is 21.0. The molecule has 30 heavy (non-hydrogen) atoms.